The molecule has 2 aliphatic rings. The van der Waals surface area contributed by atoms with Crippen LogP contribution in [0.15, 0.2) is 0 Å². The Morgan fingerprint density at radius 2 is 2.24 bits per heavy atom. The normalized spacial score (nSPS) is 33.7. The monoisotopic (exact) mass is 262 g/mol. The lowest BCUT2D eigenvalue weighted by atomic mass is 9.89. The summed E-state index contributed by atoms with van der Waals surface area (Å²) in [5.41, 5.74) is 0.476. The zero-order valence-electron chi connectivity index (χ0n) is 11.2. The molecule has 2 saturated heterocycles. The van der Waals surface area contributed by atoms with Gasteiger partial charge in [-0.1, -0.05) is 6.92 Å². The zero-order chi connectivity index (χ0) is 11.4. The fourth-order valence-electron chi connectivity index (χ4n) is 3.02. The van der Waals surface area contributed by atoms with Crippen molar-refractivity contribution >= 4 is 12.4 Å². The van der Waals surface area contributed by atoms with Crippen LogP contribution in [0.4, 0.5) is 0 Å². The Kier molecular flexibility index (Phi) is 6.21. The molecule has 2 heterocycles. The Balaban J connectivity index is 0.00000144. The summed E-state index contributed by atoms with van der Waals surface area (Å²) in [5, 5.41) is 3.46. The van der Waals surface area contributed by atoms with Crippen LogP contribution in [0.3, 0.4) is 0 Å². The summed E-state index contributed by atoms with van der Waals surface area (Å²) in [6.07, 6.45) is 5.64. The van der Waals surface area contributed by atoms with Crippen LogP contribution in [0.25, 0.3) is 0 Å². The molecule has 0 aromatic carbocycles. The van der Waals surface area contributed by atoms with Crippen LogP contribution in [-0.4, -0.2) is 50.8 Å². The average Bonchev–Trinajstić information content (AvgIpc) is 2.66. The number of halogens is 1. The SMILES string of the molecule is CN(CC1CCCCO1)CC1(C)CCNC1.Cl. The molecule has 0 bridgehead atoms. The number of nitrogens with zero attached hydrogens (tertiary/aromatic N) is 1. The first-order valence-electron chi connectivity index (χ1n) is 6.69. The maximum Gasteiger partial charge on any atom is 0.0701 e. The molecule has 4 heteroatoms. The molecule has 2 rings (SSSR count). The maximum atomic E-state index is 5.79. The number of ether oxygens (including phenoxy) is 1. The van der Waals surface area contributed by atoms with E-state index in [2.05, 4.69) is 24.2 Å². The summed E-state index contributed by atoms with van der Waals surface area (Å²) >= 11 is 0. The van der Waals surface area contributed by atoms with E-state index >= 15 is 0 Å². The van der Waals surface area contributed by atoms with Crippen molar-refractivity contribution in [3.05, 3.63) is 0 Å². The minimum atomic E-state index is 0. The van der Waals surface area contributed by atoms with Crippen molar-refractivity contribution in [2.75, 3.05) is 39.8 Å². The summed E-state index contributed by atoms with van der Waals surface area (Å²) in [6, 6.07) is 0. The molecular formula is C13H27ClN2O. The molecule has 3 nitrogen and oxygen atoms in total. The molecule has 17 heavy (non-hydrogen) atoms. The maximum absolute atomic E-state index is 5.79. The Bertz CT molecular complexity index is 213. The second kappa shape index (κ2) is 6.93. The molecule has 0 spiro atoms. The standard InChI is InChI=1S/C13H26N2O.ClH/c1-13(6-7-14-10-13)11-15(2)9-12-5-3-4-8-16-12;/h12,14H,3-11H2,1-2H3;1H. The van der Waals surface area contributed by atoms with E-state index in [-0.39, 0.29) is 12.4 Å². The molecule has 0 amide bonds. The van der Waals surface area contributed by atoms with E-state index in [9.17, 15) is 0 Å². The molecule has 1 N–H and O–H groups in total. The van der Waals surface area contributed by atoms with Crippen LogP contribution in [0.1, 0.15) is 32.6 Å². The third-order valence-corrected chi connectivity index (χ3v) is 3.90. The van der Waals surface area contributed by atoms with Crippen molar-refractivity contribution in [2.45, 2.75) is 38.7 Å². The van der Waals surface area contributed by atoms with Crippen LogP contribution >= 0.6 is 12.4 Å². The van der Waals surface area contributed by atoms with E-state index in [0.717, 1.165) is 13.2 Å². The first-order valence-corrected chi connectivity index (χ1v) is 6.69. The Morgan fingerprint density at radius 3 is 2.82 bits per heavy atom. The van der Waals surface area contributed by atoms with Gasteiger partial charge >= 0.3 is 0 Å². The highest BCUT2D eigenvalue weighted by Crippen LogP contribution is 2.25. The molecule has 2 unspecified atom stereocenters. The van der Waals surface area contributed by atoms with Gasteiger partial charge in [-0.05, 0) is 44.7 Å². The molecule has 2 aliphatic heterocycles. The van der Waals surface area contributed by atoms with Crippen molar-refractivity contribution in [2.24, 2.45) is 5.41 Å². The first kappa shape index (κ1) is 15.2. The van der Waals surface area contributed by atoms with Gasteiger partial charge in [-0.25, -0.2) is 0 Å². The van der Waals surface area contributed by atoms with Gasteiger partial charge in [0.25, 0.3) is 0 Å². The average molecular weight is 263 g/mol. The molecule has 2 fully saturated rings. The number of hydrogen-bond donors (Lipinski definition) is 1. The molecule has 0 radical (unpaired) electrons. The smallest absolute Gasteiger partial charge is 0.0701 e. The van der Waals surface area contributed by atoms with Crippen molar-refractivity contribution in [1.29, 1.82) is 0 Å². The number of rotatable bonds is 4. The molecule has 0 aromatic rings. The van der Waals surface area contributed by atoms with Gasteiger partial charge < -0.3 is 15.0 Å². The van der Waals surface area contributed by atoms with Crippen LogP contribution in [0, 0.1) is 5.41 Å². The zero-order valence-corrected chi connectivity index (χ0v) is 12.0. The Hall–Kier alpha value is 0.170. The van der Waals surface area contributed by atoms with Crippen LogP contribution in [0.2, 0.25) is 0 Å². The quantitative estimate of drug-likeness (QED) is 0.838. The lowest BCUT2D eigenvalue weighted by Crippen LogP contribution is -2.40. The highest BCUT2D eigenvalue weighted by molar-refractivity contribution is 5.85. The summed E-state index contributed by atoms with van der Waals surface area (Å²) < 4.78 is 5.79. The van der Waals surface area contributed by atoms with E-state index in [1.54, 1.807) is 0 Å². The van der Waals surface area contributed by atoms with Crippen LogP contribution < -0.4 is 5.32 Å². The third-order valence-electron chi connectivity index (χ3n) is 3.90. The van der Waals surface area contributed by atoms with Crippen molar-refractivity contribution in [1.82, 2.24) is 10.2 Å². The van der Waals surface area contributed by atoms with Crippen LogP contribution in [-0.2, 0) is 4.74 Å². The van der Waals surface area contributed by atoms with Gasteiger partial charge in [0.1, 0.15) is 0 Å². The summed E-state index contributed by atoms with van der Waals surface area (Å²) in [4.78, 5) is 2.46. The minimum absolute atomic E-state index is 0. The van der Waals surface area contributed by atoms with Gasteiger partial charge in [-0.15, -0.1) is 12.4 Å². The van der Waals surface area contributed by atoms with Gasteiger partial charge in [0.15, 0.2) is 0 Å². The minimum Gasteiger partial charge on any atom is -0.377 e. The predicted octanol–water partition coefficient (Wildman–Crippen LogP) is 1.91. The molecule has 0 aromatic heterocycles. The summed E-state index contributed by atoms with van der Waals surface area (Å²) in [7, 11) is 2.24. The number of likely N-dealkylation sites (N-methyl/N-ethyl adjacent to an activating group) is 1. The predicted molar refractivity (Wildman–Crippen MR) is 73.9 cm³/mol. The van der Waals surface area contributed by atoms with Crippen molar-refractivity contribution < 1.29 is 4.74 Å². The summed E-state index contributed by atoms with van der Waals surface area (Å²) in [5.74, 6) is 0. The van der Waals surface area contributed by atoms with E-state index in [1.165, 1.54) is 45.3 Å². The number of nitrogens with one attached hydrogen (secondary N) is 1. The van der Waals surface area contributed by atoms with Gasteiger partial charge in [0.05, 0.1) is 6.10 Å². The highest BCUT2D eigenvalue weighted by atomic mass is 35.5. The topological polar surface area (TPSA) is 24.5 Å². The molecule has 2 atom stereocenters. The summed E-state index contributed by atoms with van der Waals surface area (Å²) in [6.45, 7) is 8.02. The molecular weight excluding hydrogens is 236 g/mol. The fourth-order valence-corrected chi connectivity index (χ4v) is 3.02. The Labute approximate surface area is 112 Å². The lowest BCUT2D eigenvalue weighted by molar-refractivity contribution is -0.00616. The lowest BCUT2D eigenvalue weighted by Gasteiger charge is -2.32. The van der Waals surface area contributed by atoms with Gasteiger partial charge in [-0.2, -0.15) is 0 Å². The second-order valence-electron chi connectivity index (χ2n) is 5.92. The van der Waals surface area contributed by atoms with Gasteiger partial charge in [0, 0.05) is 26.2 Å². The van der Waals surface area contributed by atoms with E-state index in [4.69, 9.17) is 4.74 Å². The van der Waals surface area contributed by atoms with Crippen LogP contribution in [0.5, 0.6) is 0 Å². The molecule has 0 saturated carbocycles. The second-order valence-corrected chi connectivity index (χ2v) is 5.92. The molecule has 0 aliphatic carbocycles. The largest absolute Gasteiger partial charge is 0.377 e. The van der Waals surface area contributed by atoms with E-state index in [0.29, 0.717) is 11.5 Å². The first-order chi connectivity index (χ1) is 7.68. The van der Waals surface area contributed by atoms with E-state index < -0.39 is 0 Å². The number of hydrogen-bond acceptors (Lipinski definition) is 3. The molecule has 102 valence electrons. The van der Waals surface area contributed by atoms with E-state index in [1.807, 2.05) is 0 Å². The van der Waals surface area contributed by atoms with Crippen molar-refractivity contribution in [3.8, 4) is 0 Å². The Morgan fingerprint density at radius 1 is 1.41 bits per heavy atom. The fraction of sp³-hybridized carbons (Fsp3) is 1.00. The van der Waals surface area contributed by atoms with Gasteiger partial charge in [-0.3, -0.25) is 0 Å². The highest BCUT2D eigenvalue weighted by Gasteiger charge is 2.30. The van der Waals surface area contributed by atoms with Crippen molar-refractivity contribution in [3.63, 3.8) is 0 Å². The van der Waals surface area contributed by atoms with Gasteiger partial charge in [0.2, 0.25) is 0 Å². The third kappa shape index (κ3) is 4.74.